The highest BCUT2D eigenvalue weighted by atomic mass is 32.2. The Labute approximate surface area is 161 Å². The second kappa shape index (κ2) is 7.37. The highest BCUT2D eigenvalue weighted by Gasteiger charge is 2.43. The van der Waals surface area contributed by atoms with Crippen LogP contribution in [-0.2, 0) is 6.42 Å². The highest BCUT2D eigenvalue weighted by molar-refractivity contribution is 8.20. The minimum Gasteiger partial charge on any atom is -0.497 e. The van der Waals surface area contributed by atoms with E-state index >= 15 is 0 Å². The summed E-state index contributed by atoms with van der Waals surface area (Å²) in [5, 5.41) is 0. The molecule has 2 aliphatic heterocycles. The predicted molar refractivity (Wildman–Crippen MR) is 106 cm³/mol. The van der Waals surface area contributed by atoms with Gasteiger partial charge in [-0.25, -0.2) is 0 Å². The predicted octanol–water partition coefficient (Wildman–Crippen LogP) is 3.71. The van der Waals surface area contributed by atoms with E-state index in [9.17, 15) is 9.59 Å². The Bertz CT molecular complexity index is 796. The van der Waals surface area contributed by atoms with Crippen molar-refractivity contribution in [2.45, 2.75) is 17.0 Å². The third-order valence-corrected chi connectivity index (χ3v) is 7.96. The lowest BCUT2D eigenvalue weighted by atomic mass is 10.1. The van der Waals surface area contributed by atoms with Crippen LogP contribution in [-0.4, -0.2) is 46.0 Å². The molecule has 2 amide bonds. The Morgan fingerprint density at radius 1 is 1.00 bits per heavy atom. The van der Waals surface area contributed by atoms with Crippen LogP contribution in [0.1, 0.15) is 26.3 Å². The summed E-state index contributed by atoms with van der Waals surface area (Å²) in [4.78, 5) is 27.4. The van der Waals surface area contributed by atoms with Gasteiger partial charge in [0.25, 0.3) is 11.8 Å². The van der Waals surface area contributed by atoms with E-state index in [1.807, 2.05) is 59.9 Å². The first-order chi connectivity index (χ1) is 12.7. The average molecular weight is 386 g/mol. The summed E-state index contributed by atoms with van der Waals surface area (Å²) in [5.41, 5.74) is 2.14. The van der Waals surface area contributed by atoms with Crippen molar-refractivity contribution in [2.24, 2.45) is 0 Å². The maximum atomic E-state index is 13.0. The van der Waals surface area contributed by atoms with Gasteiger partial charge in [-0.15, -0.1) is 23.5 Å². The molecule has 0 bridgehead atoms. The summed E-state index contributed by atoms with van der Waals surface area (Å²) in [5.74, 6) is 2.57. The molecular weight excluding hydrogens is 366 g/mol. The second-order valence-electron chi connectivity index (χ2n) is 6.26. The molecule has 0 radical (unpaired) electrons. The van der Waals surface area contributed by atoms with Crippen LogP contribution in [0.2, 0.25) is 0 Å². The molecule has 134 valence electrons. The van der Waals surface area contributed by atoms with Crippen LogP contribution < -0.4 is 4.74 Å². The van der Waals surface area contributed by atoms with E-state index in [0.717, 1.165) is 22.8 Å². The molecule has 2 aromatic carbocycles. The number of carbonyl (C=O) groups excluding carboxylic acids is 2. The van der Waals surface area contributed by atoms with Crippen molar-refractivity contribution < 1.29 is 14.3 Å². The van der Waals surface area contributed by atoms with Crippen LogP contribution in [0.25, 0.3) is 0 Å². The number of carbonyl (C=O) groups is 2. The number of fused-ring (bicyclic) bond motifs is 1. The minimum absolute atomic E-state index is 0.159. The number of imide groups is 1. The zero-order chi connectivity index (χ0) is 18.1. The van der Waals surface area contributed by atoms with Gasteiger partial charge in [0.1, 0.15) is 5.75 Å². The summed E-state index contributed by atoms with van der Waals surface area (Å²) < 4.78 is 5.43. The molecule has 4 rings (SSSR count). The molecule has 2 heterocycles. The van der Waals surface area contributed by atoms with E-state index in [1.165, 1.54) is 4.90 Å². The molecular formula is C20H19NO3S2. The number of rotatable bonds is 5. The summed E-state index contributed by atoms with van der Waals surface area (Å²) in [6, 6.07) is 14.8. The van der Waals surface area contributed by atoms with Crippen LogP contribution in [0.4, 0.5) is 0 Å². The van der Waals surface area contributed by atoms with Crippen LogP contribution >= 0.6 is 23.5 Å². The summed E-state index contributed by atoms with van der Waals surface area (Å²) >= 11 is 3.68. The third-order valence-electron chi connectivity index (χ3n) is 4.72. The van der Waals surface area contributed by atoms with Gasteiger partial charge in [0.15, 0.2) is 0 Å². The number of methoxy groups -OCH3 is 1. The van der Waals surface area contributed by atoms with Gasteiger partial charge in [-0.1, -0.05) is 24.3 Å². The van der Waals surface area contributed by atoms with Gasteiger partial charge in [-0.2, -0.15) is 0 Å². The van der Waals surface area contributed by atoms with Gasteiger partial charge in [-0.3, -0.25) is 14.5 Å². The molecule has 1 saturated heterocycles. The average Bonchev–Trinajstić information content (AvgIpc) is 3.29. The zero-order valence-corrected chi connectivity index (χ0v) is 16.0. The Morgan fingerprint density at radius 2 is 1.58 bits per heavy atom. The lowest BCUT2D eigenvalue weighted by Gasteiger charge is -2.30. The summed E-state index contributed by atoms with van der Waals surface area (Å²) in [7, 11) is 1.64. The Morgan fingerprint density at radius 3 is 2.12 bits per heavy atom. The Hall–Kier alpha value is -1.92. The normalized spacial score (nSPS) is 18.3. The van der Waals surface area contributed by atoms with Crippen LogP contribution in [0.15, 0.2) is 48.5 Å². The van der Waals surface area contributed by atoms with Gasteiger partial charge in [0.05, 0.1) is 28.9 Å². The van der Waals surface area contributed by atoms with E-state index < -0.39 is 0 Å². The van der Waals surface area contributed by atoms with Crippen LogP contribution in [0.3, 0.4) is 0 Å². The molecule has 0 aromatic heterocycles. The van der Waals surface area contributed by atoms with Gasteiger partial charge in [-0.05, 0) is 36.2 Å². The first-order valence-corrected chi connectivity index (χ1v) is 10.6. The number of hydrogen-bond donors (Lipinski definition) is 0. The molecule has 0 N–H and O–H groups in total. The lowest BCUT2D eigenvalue weighted by Crippen LogP contribution is -2.45. The van der Waals surface area contributed by atoms with Crippen molar-refractivity contribution >= 4 is 35.3 Å². The fourth-order valence-electron chi connectivity index (χ4n) is 3.42. The number of benzene rings is 2. The van der Waals surface area contributed by atoms with Gasteiger partial charge in [0, 0.05) is 11.5 Å². The molecule has 6 heteroatoms. The fraction of sp³-hybridized carbons (Fsp3) is 0.300. The molecule has 0 unspecified atom stereocenters. The fourth-order valence-corrected chi connectivity index (χ4v) is 6.50. The van der Waals surface area contributed by atoms with E-state index in [-0.39, 0.29) is 22.4 Å². The topological polar surface area (TPSA) is 46.6 Å². The smallest absolute Gasteiger partial charge is 0.261 e. The molecule has 0 spiro atoms. The molecule has 0 aliphatic carbocycles. The molecule has 26 heavy (non-hydrogen) atoms. The van der Waals surface area contributed by atoms with Gasteiger partial charge in [0.2, 0.25) is 0 Å². The molecule has 0 saturated carbocycles. The zero-order valence-electron chi connectivity index (χ0n) is 14.4. The number of hydrogen-bond acceptors (Lipinski definition) is 5. The molecule has 2 aromatic rings. The summed E-state index contributed by atoms with van der Waals surface area (Å²) in [6.45, 7) is 0. The maximum Gasteiger partial charge on any atom is 0.261 e. The van der Waals surface area contributed by atoms with Crippen molar-refractivity contribution in [3.63, 3.8) is 0 Å². The van der Waals surface area contributed by atoms with E-state index in [0.29, 0.717) is 17.5 Å². The molecule has 4 nitrogen and oxygen atoms in total. The molecule has 2 aliphatic rings. The standard InChI is InChI=1S/C20H19NO3S2/c1-24-14-8-6-13(7-9-14)12-17(20-25-10-11-26-20)21-18(22)15-4-2-3-5-16(15)19(21)23/h2-9,17,20H,10-12H2,1H3/t17-/m1/s1. The quantitative estimate of drug-likeness (QED) is 0.735. The van der Waals surface area contributed by atoms with E-state index in [1.54, 1.807) is 19.2 Å². The van der Waals surface area contributed by atoms with Crippen molar-refractivity contribution in [2.75, 3.05) is 18.6 Å². The number of nitrogens with zero attached hydrogens (tertiary/aromatic N) is 1. The maximum absolute atomic E-state index is 13.0. The highest BCUT2D eigenvalue weighted by Crippen LogP contribution is 2.40. The number of ether oxygens (including phenoxy) is 1. The van der Waals surface area contributed by atoms with Crippen LogP contribution in [0, 0.1) is 0 Å². The van der Waals surface area contributed by atoms with Gasteiger partial charge >= 0.3 is 0 Å². The van der Waals surface area contributed by atoms with Crippen molar-refractivity contribution in [3.05, 3.63) is 65.2 Å². The van der Waals surface area contributed by atoms with Crippen molar-refractivity contribution in [1.29, 1.82) is 0 Å². The summed E-state index contributed by atoms with van der Waals surface area (Å²) in [6.07, 6.45) is 0.653. The van der Waals surface area contributed by atoms with Crippen LogP contribution in [0.5, 0.6) is 5.75 Å². The first kappa shape index (κ1) is 17.5. The first-order valence-electron chi connectivity index (χ1n) is 8.52. The monoisotopic (exact) mass is 385 g/mol. The minimum atomic E-state index is -0.169. The second-order valence-corrected chi connectivity index (χ2v) is 9.05. The molecule has 1 atom stereocenters. The van der Waals surface area contributed by atoms with E-state index in [4.69, 9.17) is 4.74 Å². The SMILES string of the molecule is COc1ccc(C[C@H](C2SCCS2)N2C(=O)c3ccccc3C2=O)cc1. The van der Waals surface area contributed by atoms with E-state index in [2.05, 4.69) is 0 Å². The largest absolute Gasteiger partial charge is 0.497 e. The van der Waals surface area contributed by atoms with Crippen molar-refractivity contribution in [1.82, 2.24) is 4.90 Å². The van der Waals surface area contributed by atoms with Gasteiger partial charge < -0.3 is 4.74 Å². The van der Waals surface area contributed by atoms with Crippen molar-refractivity contribution in [3.8, 4) is 5.75 Å². The number of amides is 2. The lowest BCUT2D eigenvalue weighted by molar-refractivity contribution is 0.0595. The third kappa shape index (κ3) is 3.12. The molecule has 1 fully saturated rings. The Balaban J connectivity index is 1.65. The Kier molecular flexibility index (Phi) is 4.96. The number of thioether (sulfide) groups is 2.